The predicted molar refractivity (Wildman–Crippen MR) is 99.6 cm³/mol. The fourth-order valence-electron chi connectivity index (χ4n) is 2.12. The Hall–Kier alpha value is -3.21. The summed E-state index contributed by atoms with van der Waals surface area (Å²) in [5.74, 6) is -2.55. The number of hydroxylamine groups is 2. The third-order valence-electron chi connectivity index (χ3n) is 3.57. The van der Waals surface area contributed by atoms with E-state index in [1.54, 1.807) is 20.8 Å². The first kappa shape index (κ1) is 23.8. The first-order valence-electron chi connectivity index (χ1n) is 8.81. The van der Waals surface area contributed by atoms with Crippen molar-refractivity contribution in [3.05, 3.63) is 18.0 Å². The van der Waals surface area contributed by atoms with Gasteiger partial charge in [0.25, 0.3) is 0 Å². The van der Waals surface area contributed by atoms with E-state index in [1.807, 2.05) is 0 Å². The van der Waals surface area contributed by atoms with Crippen LogP contribution >= 0.6 is 0 Å². The highest BCUT2D eigenvalue weighted by atomic mass is 16.7. The van der Waals surface area contributed by atoms with Crippen molar-refractivity contribution in [2.24, 2.45) is 5.92 Å². The van der Waals surface area contributed by atoms with Crippen LogP contribution in [0, 0.1) is 5.92 Å². The maximum Gasteiger partial charge on any atom is 0.331 e. The molecule has 1 atom stereocenters. The van der Waals surface area contributed by atoms with Crippen LogP contribution in [0.4, 0.5) is 5.69 Å². The number of aromatic nitrogens is 1. The lowest BCUT2D eigenvalue weighted by molar-refractivity contribution is -0.169. The molecule has 1 heterocycles. The van der Waals surface area contributed by atoms with Gasteiger partial charge in [0.15, 0.2) is 17.5 Å². The van der Waals surface area contributed by atoms with E-state index in [0.29, 0.717) is 6.41 Å². The fourth-order valence-corrected chi connectivity index (χ4v) is 2.12. The predicted octanol–water partition coefficient (Wildman–Crippen LogP) is 1.14. The maximum absolute atomic E-state index is 12.9. The molecule has 1 aromatic rings. The molecule has 1 rings (SSSR count). The number of nitrogens with zero attached hydrogens (tertiary/aromatic N) is 2. The second-order valence-electron chi connectivity index (χ2n) is 5.92. The van der Waals surface area contributed by atoms with Gasteiger partial charge in [-0.3, -0.25) is 19.2 Å². The van der Waals surface area contributed by atoms with Crippen LogP contribution in [-0.4, -0.2) is 60.9 Å². The van der Waals surface area contributed by atoms with E-state index in [0.717, 1.165) is 5.06 Å². The minimum absolute atomic E-state index is 0.110. The Balaban J connectivity index is 3.18. The molecule has 0 saturated heterocycles. The zero-order chi connectivity index (χ0) is 22.0. The number of hydrogen-bond acceptors (Lipinski definition) is 9. The Kier molecular flexibility index (Phi) is 9.52. The molecular weight excluding hydrogens is 386 g/mol. The summed E-state index contributed by atoms with van der Waals surface area (Å²) in [6, 6.07) is 0.306. The Morgan fingerprint density at radius 2 is 1.90 bits per heavy atom. The quantitative estimate of drug-likeness (QED) is 0.246. The Bertz CT molecular complexity index is 738. The summed E-state index contributed by atoms with van der Waals surface area (Å²) in [5.41, 5.74) is -0.158. The molecule has 1 N–H and O–H groups in total. The molecule has 0 radical (unpaired) electrons. The zero-order valence-electron chi connectivity index (χ0n) is 17.0. The minimum Gasteiger partial charge on any atom is -0.464 e. The normalized spacial score (nSPS) is 11.4. The lowest BCUT2D eigenvalue weighted by atomic mass is 10.2. The van der Waals surface area contributed by atoms with Crippen molar-refractivity contribution in [3.63, 3.8) is 0 Å². The van der Waals surface area contributed by atoms with Crippen molar-refractivity contribution < 1.29 is 38.2 Å². The lowest BCUT2D eigenvalue weighted by Crippen LogP contribution is -2.43. The molecule has 160 valence electrons. The minimum atomic E-state index is -1.08. The van der Waals surface area contributed by atoms with E-state index in [9.17, 15) is 19.2 Å². The molecule has 29 heavy (non-hydrogen) atoms. The van der Waals surface area contributed by atoms with Gasteiger partial charge in [-0.05, 0) is 19.9 Å². The molecule has 11 nitrogen and oxygen atoms in total. The number of pyridine rings is 1. The molecule has 1 unspecified atom stereocenters. The largest absolute Gasteiger partial charge is 0.464 e. The monoisotopic (exact) mass is 411 g/mol. The summed E-state index contributed by atoms with van der Waals surface area (Å²) in [6.07, 6.45) is 1.64. The van der Waals surface area contributed by atoms with Crippen molar-refractivity contribution in [2.75, 3.05) is 25.8 Å². The highest BCUT2D eigenvalue weighted by molar-refractivity contribution is 5.98. The molecule has 2 amide bonds. The molecule has 0 aliphatic carbocycles. The van der Waals surface area contributed by atoms with Gasteiger partial charge in [-0.2, -0.15) is 0 Å². The SMILES string of the molecule is CCOC(=O)C(C)N(OC)C(=O)c1nccc(NC=O)c1OCOC(=O)C(C)C. The highest BCUT2D eigenvalue weighted by Gasteiger charge is 2.32. The smallest absolute Gasteiger partial charge is 0.331 e. The van der Waals surface area contributed by atoms with Crippen molar-refractivity contribution in [1.82, 2.24) is 10.0 Å². The third kappa shape index (κ3) is 6.42. The van der Waals surface area contributed by atoms with Gasteiger partial charge >= 0.3 is 17.8 Å². The number of ether oxygens (including phenoxy) is 3. The van der Waals surface area contributed by atoms with Gasteiger partial charge in [-0.15, -0.1) is 0 Å². The molecule has 0 fully saturated rings. The van der Waals surface area contributed by atoms with Crippen LogP contribution in [-0.2, 0) is 28.7 Å². The van der Waals surface area contributed by atoms with Crippen LogP contribution in [0.3, 0.4) is 0 Å². The summed E-state index contributed by atoms with van der Waals surface area (Å²) in [4.78, 5) is 56.4. The van der Waals surface area contributed by atoms with E-state index in [2.05, 4.69) is 10.3 Å². The van der Waals surface area contributed by atoms with Gasteiger partial charge < -0.3 is 19.5 Å². The van der Waals surface area contributed by atoms with Gasteiger partial charge in [-0.25, -0.2) is 14.8 Å². The van der Waals surface area contributed by atoms with E-state index in [-0.39, 0.29) is 29.7 Å². The number of carbonyl (C=O) groups is 4. The van der Waals surface area contributed by atoms with Gasteiger partial charge in [0.1, 0.15) is 0 Å². The third-order valence-corrected chi connectivity index (χ3v) is 3.57. The molecule has 0 aromatic carbocycles. The second-order valence-corrected chi connectivity index (χ2v) is 5.92. The molecular formula is C18H25N3O8. The number of carbonyl (C=O) groups excluding carboxylic acids is 4. The van der Waals surface area contributed by atoms with Crippen LogP contribution in [0.5, 0.6) is 5.75 Å². The molecule has 0 aliphatic heterocycles. The van der Waals surface area contributed by atoms with Gasteiger partial charge in [0, 0.05) is 6.20 Å². The molecule has 0 bridgehead atoms. The maximum atomic E-state index is 12.9. The standard InChI is InChI=1S/C18H25N3O8/c1-6-27-18(25)12(4)21(26-5)16(23)14-15(13(20-9-22)7-8-19-14)28-10-29-17(24)11(2)3/h7-9,11-12H,6,10H2,1-5H3,(H,19,20,22). The molecule has 0 aliphatic rings. The molecule has 1 aromatic heterocycles. The van der Waals surface area contributed by atoms with Gasteiger partial charge in [0.05, 0.1) is 25.3 Å². The van der Waals surface area contributed by atoms with E-state index < -0.39 is 30.7 Å². The fraction of sp³-hybridized carbons (Fsp3) is 0.500. The summed E-state index contributed by atoms with van der Waals surface area (Å²) in [6.45, 7) is 5.95. The van der Waals surface area contributed by atoms with Crippen LogP contribution in [0.2, 0.25) is 0 Å². The Morgan fingerprint density at radius 1 is 1.21 bits per heavy atom. The second kappa shape index (κ2) is 11.6. The number of amides is 2. The van der Waals surface area contributed by atoms with Crippen LogP contribution in [0.1, 0.15) is 38.2 Å². The summed E-state index contributed by atoms with van der Waals surface area (Å²) < 4.78 is 15.2. The van der Waals surface area contributed by atoms with Crippen molar-refractivity contribution in [1.29, 1.82) is 0 Å². The summed E-state index contributed by atoms with van der Waals surface area (Å²) >= 11 is 0. The zero-order valence-corrected chi connectivity index (χ0v) is 17.0. The van der Waals surface area contributed by atoms with E-state index in [1.165, 1.54) is 26.3 Å². The average Bonchev–Trinajstić information content (AvgIpc) is 2.69. The molecule has 0 saturated carbocycles. The first-order chi connectivity index (χ1) is 13.8. The first-order valence-corrected chi connectivity index (χ1v) is 8.81. The van der Waals surface area contributed by atoms with Gasteiger partial charge in [0.2, 0.25) is 13.2 Å². The molecule has 11 heteroatoms. The van der Waals surface area contributed by atoms with E-state index >= 15 is 0 Å². The van der Waals surface area contributed by atoms with Gasteiger partial charge in [-0.1, -0.05) is 13.8 Å². The molecule has 0 spiro atoms. The number of rotatable bonds is 11. The number of hydrogen-bond donors (Lipinski definition) is 1. The average molecular weight is 411 g/mol. The summed E-state index contributed by atoms with van der Waals surface area (Å²) in [5, 5.41) is 3.13. The summed E-state index contributed by atoms with van der Waals surface area (Å²) in [7, 11) is 1.20. The highest BCUT2D eigenvalue weighted by Crippen LogP contribution is 2.29. The van der Waals surface area contributed by atoms with Crippen molar-refractivity contribution in [2.45, 2.75) is 33.7 Å². The topological polar surface area (TPSA) is 133 Å². The number of esters is 2. The van der Waals surface area contributed by atoms with Crippen LogP contribution in [0.15, 0.2) is 12.3 Å². The number of anilines is 1. The van der Waals surface area contributed by atoms with Crippen molar-refractivity contribution in [3.8, 4) is 5.75 Å². The Labute approximate surface area is 168 Å². The van der Waals surface area contributed by atoms with E-state index in [4.69, 9.17) is 19.0 Å². The number of nitrogens with one attached hydrogen (secondary N) is 1. The van der Waals surface area contributed by atoms with Crippen LogP contribution in [0.25, 0.3) is 0 Å². The van der Waals surface area contributed by atoms with Crippen LogP contribution < -0.4 is 10.1 Å². The van der Waals surface area contributed by atoms with Crippen molar-refractivity contribution >= 4 is 29.9 Å². The lowest BCUT2D eigenvalue weighted by Gasteiger charge is -2.25. The Morgan fingerprint density at radius 3 is 2.45 bits per heavy atom.